The molecule has 5 rings (SSSR count). The molecule has 3 aromatic rings. The molecule has 0 radical (unpaired) electrons. The third kappa shape index (κ3) is 5.58. The molecule has 0 aliphatic carbocycles. The highest BCUT2D eigenvalue weighted by Crippen LogP contribution is 2.38. The Morgan fingerprint density at radius 2 is 1.76 bits per heavy atom. The number of methoxy groups -OCH3 is 1. The van der Waals surface area contributed by atoms with Crippen molar-refractivity contribution in [2.45, 2.75) is 25.4 Å². The number of carbonyl (C=O) groups excluding carboxylic acids is 2. The summed E-state index contributed by atoms with van der Waals surface area (Å²) in [6, 6.07) is 23.1. The second-order valence-electron chi connectivity index (χ2n) is 9.47. The van der Waals surface area contributed by atoms with Crippen molar-refractivity contribution in [2.24, 2.45) is 0 Å². The van der Waals surface area contributed by atoms with Gasteiger partial charge in [-0.3, -0.25) is 4.79 Å². The largest absolute Gasteiger partial charge is 0.465 e. The van der Waals surface area contributed by atoms with Crippen LogP contribution in [0.15, 0.2) is 72.8 Å². The summed E-state index contributed by atoms with van der Waals surface area (Å²) in [6.45, 7) is 2.86. The van der Waals surface area contributed by atoms with Gasteiger partial charge in [-0.15, -0.1) is 0 Å². The van der Waals surface area contributed by atoms with Crippen LogP contribution in [0.2, 0.25) is 0 Å². The van der Waals surface area contributed by atoms with Gasteiger partial charge in [-0.05, 0) is 54.7 Å². The summed E-state index contributed by atoms with van der Waals surface area (Å²) in [5.74, 6) is -0.680. The standard InChI is InChI=1S/C30H31N3O4/c1-37-30(36)22-9-12-25-26(19-22)32-29(35)27(25)28(21-5-3-2-4-6-21)31-23-10-7-20(8-11-23)13-16-33-17-14-24(34)15-18-33/h2-12,19,24,31,34H,13-18H2,1H3,(H,32,35)/b28-27-. The van der Waals surface area contributed by atoms with E-state index in [2.05, 4.69) is 27.7 Å². The van der Waals surface area contributed by atoms with Gasteiger partial charge in [0.05, 0.1) is 35.7 Å². The monoisotopic (exact) mass is 497 g/mol. The van der Waals surface area contributed by atoms with Crippen molar-refractivity contribution in [3.63, 3.8) is 0 Å². The molecule has 2 aliphatic heterocycles. The fourth-order valence-electron chi connectivity index (χ4n) is 4.88. The Morgan fingerprint density at radius 1 is 1.03 bits per heavy atom. The van der Waals surface area contributed by atoms with E-state index in [1.807, 2.05) is 42.5 Å². The predicted octanol–water partition coefficient (Wildman–Crippen LogP) is 4.40. The maximum atomic E-state index is 13.2. The number of hydrogen-bond acceptors (Lipinski definition) is 6. The number of esters is 1. The zero-order valence-electron chi connectivity index (χ0n) is 20.9. The number of ether oxygens (including phenoxy) is 1. The van der Waals surface area contributed by atoms with E-state index in [9.17, 15) is 14.7 Å². The van der Waals surface area contributed by atoms with Crippen molar-refractivity contribution < 1.29 is 19.4 Å². The molecule has 0 unspecified atom stereocenters. The first-order valence-corrected chi connectivity index (χ1v) is 12.6. The van der Waals surface area contributed by atoms with Crippen LogP contribution in [0.25, 0.3) is 11.3 Å². The SMILES string of the molecule is COC(=O)c1ccc2c(c1)NC(=O)/C2=C(\Nc1ccc(CCN2CCC(O)CC2)cc1)c1ccccc1. The molecule has 0 saturated carbocycles. The molecular weight excluding hydrogens is 466 g/mol. The van der Waals surface area contributed by atoms with Gasteiger partial charge in [-0.25, -0.2) is 4.79 Å². The molecule has 7 nitrogen and oxygen atoms in total. The van der Waals surface area contributed by atoms with Gasteiger partial charge >= 0.3 is 5.97 Å². The van der Waals surface area contributed by atoms with Gasteiger partial charge < -0.3 is 25.4 Å². The lowest BCUT2D eigenvalue weighted by molar-refractivity contribution is -0.110. The molecule has 0 atom stereocenters. The third-order valence-corrected chi connectivity index (χ3v) is 6.99. The van der Waals surface area contributed by atoms with Gasteiger partial charge in [0.1, 0.15) is 0 Å². The van der Waals surface area contributed by atoms with E-state index in [1.54, 1.807) is 18.2 Å². The summed E-state index contributed by atoms with van der Waals surface area (Å²) >= 11 is 0. The third-order valence-electron chi connectivity index (χ3n) is 6.99. The first kappa shape index (κ1) is 24.7. The first-order valence-electron chi connectivity index (χ1n) is 12.6. The van der Waals surface area contributed by atoms with E-state index in [4.69, 9.17) is 4.74 Å². The van der Waals surface area contributed by atoms with Crippen molar-refractivity contribution in [3.05, 3.63) is 95.1 Å². The summed E-state index contributed by atoms with van der Waals surface area (Å²) in [4.78, 5) is 27.5. The first-order chi connectivity index (χ1) is 18.0. The molecule has 2 aliphatic rings. The van der Waals surface area contributed by atoms with Crippen molar-refractivity contribution >= 4 is 34.5 Å². The minimum absolute atomic E-state index is 0.154. The molecule has 3 N–H and O–H groups in total. The molecule has 190 valence electrons. The van der Waals surface area contributed by atoms with Gasteiger partial charge in [0.15, 0.2) is 0 Å². The van der Waals surface area contributed by atoms with Crippen LogP contribution in [-0.2, 0) is 16.0 Å². The number of likely N-dealkylation sites (tertiary alicyclic amines) is 1. The maximum Gasteiger partial charge on any atom is 0.337 e. The molecule has 0 spiro atoms. The number of amides is 1. The predicted molar refractivity (Wildman–Crippen MR) is 145 cm³/mol. The fraction of sp³-hybridized carbons (Fsp3) is 0.267. The van der Waals surface area contributed by atoms with E-state index >= 15 is 0 Å². The van der Waals surface area contributed by atoms with Crippen LogP contribution in [0.4, 0.5) is 11.4 Å². The van der Waals surface area contributed by atoms with Crippen molar-refractivity contribution in [1.29, 1.82) is 0 Å². The minimum Gasteiger partial charge on any atom is -0.465 e. The molecule has 2 heterocycles. The summed E-state index contributed by atoms with van der Waals surface area (Å²) in [5, 5.41) is 16.1. The Balaban J connectivity index is 1.40. The lowest BCUT2D eigenvalue weighted by Gasteiger charge is -2.29. The van der Waals surface area contributed by atoms with E-state index in [0.717, 1.165) is 55.7 Å². The molecular formula is C30H31N3O4. The highest BCUT2D eigenvalue weighted by atomic mass is 16.5. The van der Waals surface area contributed by atoms with Gasteiger partial charge in [-0.1, -0.05) is 48.5 Å². The van der Waals surface area contributed by atoms with E-state index in [-0.39, 0.29) is 12.0 Å². The number of benzene rings is 3. The van der Waals surface area contributed by atoms with Crippen LogP contribution in [0.3, 0.4) is 0 Å². The second kappa shape index (κ2) is 11.0. The number of anilines is 2. The minimum atomic E-state index is -0.450. The van der Waals surface area contributed by atoms with E-state index in [0.29, 0.717) is 22.5 Å². The zero-order valence-corrected chi connectivity index (χ0v) is 20.9. The number of rotatable bonds is 7. The van der Waals surface area contributed by atoms with Gasteiger partial charge in [0.25, 0.3) is 5.91 Å². The van der Waals surface area contributed by atoms with Crippen LogP contribution in [0.1, 0.15) is 39.9 Å². The number of piperidine rings is 1. The second-order valence-corrected chi connectivity index (χ2v) is 9.47. The van der Waals surface area contributed by atoms with Gasteiger partial charge in [0, 0.05) is 30.9 Å². The highest BCUT2D eigenvalue weighted by Gasteiger charge is 2.29. The zero-order chi connectivity index (χ0) is 25.8. The van der Waals surface area contributed by atoms with Crippen LogP contribution in [0.5, 0.6) is 0 Å². The number of carbonyl (C=O) groups is 2. The Morgan fingerprint density at radius 3 is 2.46 bits per heavy atom. The number of nitrogens with zero attached hydrogens (tertiary/aromatic N) is 1. The van der Waals surface area contributed by atoms with Gasteiger partial charge in [0.2, 0.25) is 0 Å². The molecule has 0 aromatic heterocycles. The fourth-order valence-corrected chi connectivity index (χ4v) is 4.88. The average molecular weight is 498 g/mol. The lowest BCUT2D eigenvalue weighted by Crippen LogP contribution is -2.37. The number of aliphatic hydroxyl groups is 1. The molecule has 0 bridgehead atoms. The number of nitrogens with one attached hydrogen (secondary N) is 2. The number of aliphatic hydroxyl groups excluding tert-OH is 1. The van der Waals surface area contributed by atoms with Crippen LogP contribution in [0, 0.1) is 0 Å². The number of hydrogen-bond donors (Lipinski definition) is 3. The maximum absolute atomic E-state index is 13.2. The number of fused-ring (bicyclic) bond motifs is 1. The van der Waals surface area contributed by atoms with Crippen LogP contribution < -0.4 is 10.6 Å². The Labute approximate surface area is 216 Å². The molecule has 1 saturated heterocycles. The molecule has 1 fully saturated rings. The highest BCUT2D eigenvalue weighted by molar-refractivity contribution is 6.37. The summed E-state index contributed by atoms with van der Waals surface area (Å²) in [6.07, 6.45) is 2.49. The quantitative estimate of drug-likeness (QED) is 0.331. The molecule has 1 amide bonds. The summed E-state index contributed by atoms with van der Waals surface area (Å²) in [5.41, 5.74) is 5.91. The summed E-state index contributed by atoms with van der Waals surface area (Å²) in [7, 11) is 1.33. The van der Waals surface area contributed by atoms with Crippen LogP contribution >= 0.6 is 0 Å². The smallest absolute Gasteiger partial charge is 0.337 e. The van der Waals surface area contributed by atoms with Crippen molar-refractivity contribution in [1.82, 2.24) is 4.90 Å². The normalized spacial score (nSPS) is 17.2. The lowest BCUT2D eigenvalue weighted by atomic mass is 9.99. The van der Waals surface area contributed by atoms with Gasteiger partial charge in [-0.2, -0.15) is 0 Å². The average Bonchev–Trinajstić information content (AvgIpc) is 3.26. The molecule has 3 aromatic carbocycles. The topological polar surface area (TPSA) is 90.9 Å². The molecule has 7 heteroatoms. The Hall–Kier alpha value is -3.94. The Kier molecular flexibility index (Phi) is 7.35. The Bertz CT molecular complexity index is 1310. The van der Waals surface area contributed by atoms with Crippen molar-refractivity contribution in [3.8, 4) is 0 Å². The summed E-state index contributed by atoms with van der Waals surface area (Å²) < 4.78 is 4.82. The van der Waals surface area contributed by atoms with E-state index < -0.39 is 5.97 Å². The van der Waals surface area contributed by atoms with Crippen LogP contribution in [-0.4, -0.2) is 54.7 Å². The van der Waals surface area contributed by atoms with Crippen molar-refractivity contribution in [2.75, 3.05) is 37.4 Å². The van der Waals surface area contributed by atoms with E-state index in [1.165, 1.54) is 12.7 Å². The molecule has 37 heavy (non-hydrogen) atoms.